The smallest absolute Gasteiger partial charge is 0.380 e. The standard InChI is InChI=1S/C8H14F2O5S.C6H15N/c1-7(2,3)5-15-6(11)4-8(9,10)16(12,13)14;1-4-7(5-2)6-3/h4-5H2,1-3H3,(H,12,13,14);4-6H2,1-3H3. The summed E-state index contributed by atoms with van der Waals surface area (Å²) in [5.74, 6) is -1.38. The first-order valence-corrected chi connectivity index (χ1v) is 8.87. The molecule has 0 saturated carbocycles. The average Bonchev–Trinajstić information content (AvgIpc) is 2.36. The Morgan fingerprint density at radius 3 is 1.70 bits per heavy atom. The van der Waals surface area contributed by atoms with E-state index in [0.29, 0.717) is 0 Å². The highest BCUT2D eigenvalue weighted by molar-refractivity contribution is 7.86. The van der Waals surface area contributed by atoms with Crippen molar-refractivity contribution in [2.24, 2.45) is 5.41 Å². The number of nitrogens with zero attached hydrogens (tertiary/aromatic N) is 1. The molecular formula is C14H29F2NO5S. The Labute approximate surface area is 137 Å². The van der Waals surface area contributed by atoms with Gasteiger partial charge in [0.25, 0.3) is 0 Å². The second-order valence-corrected chi connectivity index (χ2v) is 7.68. The number of carbonyl (C=O) groups excluding carboxylic acids is 1. The SMILES string of the molecule is CC(C)(C)COC(=O)CC(F)(F)S(=O)(=O)O.CCN(CC)CC. The van der Waals surface area contributed by atoms with Crippen LogP contribution in [0.4, 0.5) is 8.78 Å². The highest BCUT2D eigenvalue weighted by Gasteiger charge is 2.46. The maximum atomic E-state index is 12.7. The van der Waals surface area contributed by atoms with Gasteiger partial charge >= 0.3 is 21.3 Å². The van der Waals surface area contributed by atoms with Crippen molar-refractivity contribution in [1.29, 1.82) is 0 Å². The minimum absolute atomic E-state index is 0.118. The van der Waals surface area contributed by atoms with Crippen LogP contribution in [-0.4, -0.2) is 55.3 Å². The summed E-state index contributed by atoms with van der Waals surface area (Å²) in [6.07, 6.45) is -1.69. The van der Waals surface area contributed by atoms with Crippen LogP contribution in [0.2, 0.25) is 0 Å². The van der Waals surface area contributed by atoms with Crippen LogP contribution in [0, 0.1) is 5.41 Å². The lowest BCUT2D eigenvalue weighted by molar-refractivity contribution is -0.150. The fraction of sp³-hybridized carbons (Fsp3) is 0.929. The second-order valence-electron chi connectivity index (χ2n) is 6.13. The van der Waals surface area contributed by atoms with E-state index in [9.17, 15) is 22.0 Å². The van der Waals surface area contributed by atoms with Crippen LogP contribution in [0.3, 0.4) is 0 Å². The number of carbonyl (C=O) groups is 1. The summed E-state index contributed by atoms with van der Waals surface area (Å²) in [6, 6.07) is 0. The molecule has 0 aliphatic carbocycles. The minimum atomic E-state index is -5.59. The van der Waals surface area contributed by atoms with Crippen LogP contribution in [0.25, 0.3) is 0 Å². The highest BCUT2D eigenvalue weighted by Crippen LogP contribution is 2.25. The Morgan fingerprint density at radius 1 is 1.09 bits per heavy atom. The third kappa shape index (κ3) is 12.3. The zero-order valence-corrected chi connectivity index (χ0v) is 15.5. The predicted octanol–water partition coefficient (Wildman–Crippen LogP) is 2.79. The van der Waals surface area contributed by atoms with Gasteiger partial charge in [-0.3, -0.25) is 9.35 Å². The lowest BCUT2D eigenvalue weighted by atomic mass is 9.99. The number of alkyl halides is 2. The Morgan fingerprint density at radius 2 is 1.48 bits per heavy atom. The molecule has 6 nitrogen and oxygen atoms in total. The molecule has 0 saturated heterocycles. The van der Waals surface area contributed by atoms with Crippen LogP contribution < -0.4 is 0 Å². The average molecular weight is 361 g/mol. The molecule has 140 valence electrons. The van der Waals surface area contributed by atoms with Crippen molar-refractivity contribution in [3.05, 3.63) is 0 Å². The van der Waals surface area contributed by atoms with E-state index >= 15 is 0 Å². The molecule has 0 aliphatic rings. The molecule has 1 N–H and O–H groups in total. The van der Waals surface area contributed by atoms with E-state index in [4.69, 9.17) is 4.55 Å². The first-order chi connectivity index (χ1) is 10.2. The number of rotatable bonds is 7. The molecular weight excluding hydrogens is 332 g/mol. The highest BCUT2D eigenvalue weighted by atomic mass is 32.2. The minimum Gasteiger partial charge on any atom is -0.465 e. The zero-order chi connectivity index (χ0) is 18.9. The van der Waals surface area contributed by atoms with Crippen molar-refractivity contribution in [3.8, 4) is 0 Å². The van der Waals surface area contributed by atoms with Gasteiger partial charge in [-0.25, -0.2) is 0 Å². The fourth-order valence-corrected chi connectivity index (χ4v) is 1.58. The number of hydrogen-bond donors (Lipinski definition) is 1. The van der Waals surface area contributed by atoms with Crippen molar-refractivity contribution in [3.63, 3.8) is 0 Å². The van der Waals surface area contributed by atoms with Crippen molar-refractivity contribution in [1.82, 2.24) is 4.90 Å². The third-order valence-electron chi connectivity index (χ3n) is 2.74. The molecule has 0 aromatic rings. The number of hydrogen-bond acceptors (Lipinski definition) is 5. The molecule has 0 aromatic heterocycles. The van der Waals surface area contributed by atoms with Crippen molar-refractivity contribution >= 4 is 16.1 Å². The Bertz CT molecular complexity index is 437. The van der Waals surface area contributed by atoms with Crippen LogP contribution in [0.15, 0.2) is 0 Å². The van der Waals surface area contributed by atoms with Gasteiger partial charge in [0.2, 0.25) is 0 Å². The first kappa shape index (κ1) is 24.5. The normalized spacial score (nSPS) is 12.6. The van der Waals surface area contributed by atoms with E-state index in [-0.39, 0.29) is 6.61 Å². The zero-order valence-electron chi connectivity index (χ0n) is 14.7. The molecule has 0 fully saturated rings. The number of halogens is 2. The van der Waals surface area contributed by atoms with E-state index in [2.05, 4.69) is 30.4 Å². The number of ether oxygens (including phenoxy) is 1. The van der Waals surface area contributed by atoms with E-state index in [0.717, 1.165) is 0 Å². The third-order valence-corrected chi connectivity index (χ3v) is 3.63. The maximum absolute atomic E-state index is 12.7. The van der Waals surface area contributed by atoms with Gasteiger partial charge < -0.3 is 9.64 Å². The molecule has 9 heteroatoms. The van der Waals surface area contributed by atoms with Gasteiger partial charge in [-0.05, 0) is 25.0 Å². The molecule has 0 aromatic carbocycles. The summed E-state index contributed by atoms with van der Waals surface area (Å²) in [5.41, 5.74) is -0.414. The first-order valence-electron chi connectivity index (χ1n) is 7.43. The van der Waals surface area contributed by atoms with Crippen LogP contribution in [-0.2, 0) is 19.6 Å². The summed E-state index contributed by atoms with van der Waals surface area (Å²) >= 11 is 0. The molecule has 0 bridgehead atoms. The predicted molar refractivity (Wildman–Crippen MR) is 85.0 cm³/mol. The van der Waals surface area contributed by atoms with E-state index in [1.165, 1.54) is 19.6 Å². The molecule has 0 amide bonds. The molecule has 0 unspecified atom stereocenters. The van der Waals surface area contributed by atoms with Gasteiger partial charge in [-0.15, -0.1) is 0 Å². The molecule has 0 spiro atoms. The maximum Gasteiger partial charge on any atom is 0.380 e. The van der Waals surface area contributed by atoms with Gasteiger partial charge in [0.15, 0.2) is 0 Å². The molecule has 0 aliphatic heterocycles. The summed E-state index contributed by atoms with van der Waals surface area (Å²) < 4.78 is 58.3. The van der Waals surface area contributed by atoms with Crippen molar-refractivity contribution < 1.29 is 31.3 Å². The second kappa shape index (κ2) is 10.1. The summed E-state index contributed by atoms with van der Waals surface area (Å²) in [4.78, 5) is 13.2. The van der Waals surface area contributed by atoms with Crippen LogP contribution in [0.5, 0.6) is 0 Å². The molecule has 0 radical (unpaired) electrons. The Hall–Kier alpha value is -0.800. The monoisotopic (exact) mass is 361 g/mol. The fourth-order valence-electron chi connectivity index (χ4n) is 1.28. The largest absolute Gasteiger partial charge is 0.465 e. The van der Waals surface area contributed by atoms with E-state index < -0.39 is 33.2 Å². The van der Waals surface area contributed by atoms with E-state index in [1.807, 2.05) is 0 Å². The topological polar surface area (TPSA) is 83.9 Å². The summed E-state index contributed by atoms with van der Waals surface area (Å²) in [5, 5.41) is -4.51. The van der Waals surface area contributed by atoms with Crippen LogP contribution in [0.1, 0.15) is 48.0 Å². The van der Waals surface area contributed by atoms with Gasteiger partial charge in [-0.2, -0.15) is 17.2 Å². The van der Waals surface area contributed by atoms with Crippen LogP contribution >= 0.6 is 0 Å². The molecule has 23 heavy (non-hydrogen) atoms. The Kier molecular flexibility index (Phi) is 10.8. The van der Waals surface area contributed by atoms with Gasteiger partial charge in [0.05, 0.1) is 6.61 Å². The quantitative estimate of drug-likeness (QED) is 0.554. The van der Waals surface area contributed by atoms with Gasteiger partial charge in [0, 0.05) is 0 Å². The summed E-state index contributed by atoms with van der Waals surface area (Å²) in [7, 11) is -5.59. The van der Waals surface area contributed by atoms with Gasteiger partial charge in [0.1, 0.15) is 6.42 Å². The summed E-state index contributed by atoms with van der Waals surface area (Å²) in [6.45, 7) is 15.1. The van der Waals surface area contributed by atoms with Crippen molar-refractivity contribution in [2.75, 3.05) is 26.2 Å². The number of esters is 1. The van der Waals surface area contributed by atoms with Gasteiger partial charge in [-0.1, -0.05) is 41.5 Å². The lowest BCUT2D eigenvalue weighted by Crippen LogP contribution is -2.32. The van der Waals surface area contributed by atoms with E-state index in [1.54, 1.807) is 20.8 Å². The lowest BCUT2D eigenvalue weighted by Gasteiger charge is -2.19. The molecule has 0 atom stereocenters. The van der Waals surface area contributed by atoms with Crippen molar-refractivity contribution in [2.45, 2.75) is 53.2 Å². The Balaban J connectivity index is 0. The molecule has 0 heterocycles. The molecule has 0 rings (SSSR count).